The first-order valence-corrected chi connectivity index (χ1v) is 7.18. The maximum absolute atomic E-state index is 5.74. The summed E-state index contributed by atoms with van der Waals surface area (Å²) in [4.78, 5) is 9.95. The molecule has 0 aliphatic heterocycles. The monoisotopic (exact) mass is 323 g/mol. The summed E-state index contributed by atoms with van der Waals surface area (Å²) in [7, 11) is 0. The Morgan fingerprint density at radius 3 is 2.44 bits per heavy atom. The van der Waals surface area contributed by atoms with Crippen molar-refractivity contribution in [1.29, 1.82) is 0 Å². The number of aromatic nitrogens is 2. The van der Waals surface area contributed by atoms with Gasteiger partial charge in [0.05, 0.1) is 0 Å². The molecule has 2 rings (SSSR count). The zero-order valence-corrected chi connectivity index (χ0v) is 12.7. The number of rotatable bonds is 3. The summed E-state index contributed by atoms with van der Waals surface area (Å²) in [6, 6.07) is 8.03. The normalized spacial score (nSPS) is 10.7. The zero-order chi connectivity index (χ0) is 13.1. The molecule has 1 aromatic carbocycles. The van der Waals surface area contributed by atoms with Crippen LogP contribution >= 0.6 is 27.7 Å². The molecule has 0 aliphatic carbocycles. The zero-order valence-electron chi connectivity index (χ0n) is 10.3. The Morgan fingerprint density at radius 1 is 1.17 bits per heavy atom. The summed E-state index contributed by atoms with van der Waals surface area (Å²) >= 11 is 5.02. The van der Waals surface area contributed by atoms with Crippen LogP contribution in [0.2, 0.25) is 0 Å². The highest BCUT2D eigenvalue weighted by atomic mass is 79.9. The van der Waals surface area contributed by atoms with Crippen LogP contribution in [0, 0.1) is 13.8 Å². The molecule has 0 atom stereocenters. The van der Waals surface area contributed by atoms with Crippen LogP contribution in [0.3, 0.4) is 0 Å². The van der Waals surface area contributed by atoms with E-state index in [1.807, 2.05) is 38.1 Å². The van der Waals surface area contributed by atoms with E-state index >= 15 is 0 Å². The summed E-state index contributed by atoms with van der Waals surface area (Å²) in [6.45, 7) is 4.47. The number of aryl methyl sites for hydroxylation is 2. The molecule has 1 heterocycles. The van der Waals surface area contributed by atoms with E-state index < -0.39 is 0 Å². The Kier molecular flexibility index (Phi) is 4.37. The SMILES string of the molecule is Cc1cc(C)nc(Sc2cc(Br)ccc2CN)n1. The van der Waals surface area contributed by atoms with E-state index in [0.29, 0.717) is 6.54 Å². The van der Waals surface area contributed by atoms with E-state index in [-0.39, 0.29) is 0 Å². The van der Waals surface area contributed by atoms with Gasteiger partial charge >= 0.3 is 0 Å². The van der Waals surface area contributed by atoms with Crippen LogP contribution < -0.4 is 5.73 Å². The molecular weight excluding hydrogens is 310 g/mol. The quantitative estimate of drug-likeness (QED) is 0.879. The Bertz CT molecular complexity index is 552. The van der Waals surface area contributed by atoms with Gasteiger partial charge in [-0.2, -0.15) is 0 Å². The second-order valence-electron chi connectivity index (χ2n) is 3.99. The highest BCUT2D eigenvalue weighted by Gasteiger charge is 2.07. The summed E-state index contributed by atoms with van der Waals surface area (Å²) in [5.41, 5.74) is 8.81. The third-order valence-electron chi connectivity index (χ3n) is 2.41. The van der Waals surface area contributed by atoms with Crippen molar-refractivity contribution in [2.75, 3.05) is 0 Å². The van der Waals surface area contributed by atoms with Crippen LogP contribution in [0.25, 0.3) is 0 Å². The Balaban J connectivity index is 2.35. The molecule has 1 aromatic heterocycles. The van der Waals surface area contributed by atoms with Gasteiger partial charge in [-0.3, -0.25) is 0 Å². The molecule has 0 unspecified atom stereocenters. The fourth-order valence-electron chi connectivity index (χ4n) is 1.63. The first kappa shape index (κ1) is 13.5. The van der Waals surface area contributed by atoms with Crippen molar-refractivity contribution in [3.63, 3.8) is 0 Å². The van der Waals surface area contributed by atoms with Gasteiger partial charge in [0.1, 0.15) is 0 Å². The largest absolute Gasteiger partial charge is 0.326 e. The average molecular weight is 324 g/mol. The van der Waals surface area contributed by atoms with Crippen molar-refractivity contribution in [2.45, 2.75) is 30.4 Å². The van der Waals surface area contributed by atoms with Gasteiger partial charge in [0.2, 0.25) is 0 Å². The third kappa shape index (κ3) is 3.31. The van der Waals surface area contributed by atoms with Crippen LogP contribution in [0.5, 0.6) is 0 Å². The molecular formula is C13H14BrN3S. The van der Waals surface area contributed by atoms with Crippen molar-refractivity contribution in [1.82, 2.24) is 9.97 Å². The lowest BCUT2D eigenvalue weighted by Gasteiger charge is -2.08. The van der Waals surface area contributed by atoms with E-state index in [4.69, 9.17) is 5.73 Å². The van der Waals surface area contributed by atoms with Crippen molar-refractivity contribution in [3.05, 3.63) is 45.7 Å². The van der Waals surface area contributed by atoms with Gasteiger partial charge < -0.3 is 5.73 Å². The van der Waals surface area contributed by atoms with Gasteiger partial charge in [-0.05, 0) is 49.4 Å². The van der Waals surface area contributed by atoms with Gasteiger partial charge in [-0.1, -0.05) is 22.0 Å². The molecule has 0 fully saturated rings. The summed E-state index contributed by atoms with van der Waals surface area (Å²) < 4.78 is 1.03. The van der Waals surface area contributed by atoms with Crippen LogP contribution in [0.15, 0.2) is 38.8 Å². The fourth-order valence-corrected chi connectivity index (χ4v) is 3.19. The first-order valence-electron chi connectivity index (χ1n) is 5.57. The molecule has 0 spiro atoms. The molecule has 5 heteroatoms. The minimum absolute atomic E-state index is 0.514. The topological polar surface area (TPSA) is 51.8 Å². The predicted octanol–water partition coefficient (Wildman–Crippen LogP) is 3.47. The number of benzene rings is 1. The molecule has 2 aromatic rings. The van der Waals surface area contributed by atoms with Gasteiger partial charge in [0, 0.05) is 27.3 Å². The number of hydrogen-bond donors (Lipinski definition) is 1. The summed E-state index contributed by atoms with van der Waals surface area (Å²) in [5, 5.41) is 0.764. The molecule has 3 nitrogen and oxygen atoms in total. The third-order valence-corrected chi connectivity index (χ3v) is 3.87. The Labute approximate surface area is 119 Å². The molecule has 0 bridgehead atoms. The molecule has 94 valence electrons. The minimum atomic E-state index is 0.514. The second kappa shape index (κ2) is 5.82. The number of hydrogen-bond acceptors (Lipinski definition) is 4. The molecule has 0 radical (unpaired) electrons. The lowest BCUT2D eigenvalue weighted by molar-refractivity contribution is 0.900. The highest BCUT2D eigenvalue weighted by Crippen LogP contribution is 2.30. The maximum Gasteiger partial charge on any atom is 0.192 e. The van der Waals surface area contributed by atoms with Gasteiger partial charge in [0.25, 0.3) is 0 Å². The molecule has 0 amide bonds. The van der Waals surface area contributed by atoms with Crippen LogP contribution in [0.1, 0.15) is 17.0 Å². The number of nitrogens with two attached hydrogens (primary N) is 1. The van der Waals surface area contributed by atoms with E-state index in [9.17, 15) is 0 Å². The van der Waals surface area contributed by atoms with Gasteiger partial charge in [-0.25, -0.2) is 9.97 Å². The summed E-state index contributed by atoms with van der Waals surface area (Å²) in [6.07, 6.45) is 0. The van der Waals surface area contributed by atoms with Crippen LogP contribution in [-0.4, -0.2) is 9.97 Å². The first-order chi connectivity index (χ1) is 8.58. The average Bonchev–Trinajstić information content (AvgIpc) is 2.27. The van der Waals surface area contributed by atoms with Crippen molar-refractivity contribution in [3.8, 4) is 0 Å². The molecule has 2 N–H and O–H groups in total. The van der Waals surface area contributed by atoms with E-state index in [0.717, 1.165) is 31.5 Å². The van der Waals surface area contributed by atoms with Gasteiger partial charge in [-0.15, -0.1) is 0 Å². The van der Waals surface area contributed by atoms with Crippen LogP contribution in [0.4, 0.5) is 0 Å². The predicted molar refractivity (Wildman–Crippen MR) is 77.7 cm³/mol. The number of halogens is 1. The van der Waals surface area contributed by atoms with Gasteiger partial charge in [0.15, 0.2) is 5.16 Å². The summed E-state index contributed by atoms with van der Waals surface area (Å²) in [5.74, 6) is 0. The highest BCUT2D eigenvalue weighted by molar-refractivity contribution is 9.10. The molecule has 0 saturated heterocycles. The lowest BCUT2D eigenvalue weighted by atomic mass is 10.2. The van der Waals surface area contributed by atoms with Crippen molar-refractivity contribution in [2.24, 2.45) is 5.73 Å². The molecule has 0 saturated carbocycles. The van der Waals surface area contributed by atoms with Crippen LogP contribution in [-0.2, 0) is 6.54 Å². The smallest absolute Gasteiger partial charge is 0.192 e. The standard InChI is InChI=1S/C13H14BrN3S/c1-8-5-9(2)17-13(16-8)18-12-6-11(14)4-3-10(12)7-15/h3-6H,7,15H2,1-2H3. The lowest BCUT2D eigenvalue weighted by Crippen LogP contribution is -1.99. The Hall–Kier alpha value is -0.910. The van der Waals surface area contributed by atoms with E-state index in [2.05, 4.69) is 25.9 Å². The van der Waals surface area contributed by atoms with E-state index in [1.54, 1.807) is 11.8 Å². The second-order valence-corrected chi connectivity index (χ2v) is 5.92. The maximum atomic E-state index is 5.74. The number of nitrogens with zero attached hydrogens (tertiary/aromatic N) is 2. The Morgan fingerprint density at radius 2 is 1.83 bits per heavy atom. The molecule has 18 heavy (non-hydrogen) atoms. The molecule has 0 aliphatic rings. The minimum Gasteiger partial charge on any atom is -0.326 e. The van der Waals surface area contributed by atoms with Crippen molar-refractivity contribution >= 4 is 27.7 Å². The van der Waals surface area contributed by atoms with Crippen molar-refractivity contribution < 1.29 is 0 Å². The van der Waals surface area contributed by atoms with E-state index in [1.165, 1.54) is 0 Å². The fraction of sp³-hybridized carbons (Fsp3) is 0.231.